The van der Waals surface area contributed by atoms with Gasteiger partial charge < -0.3 is 14.4 Å². The van der Waals surface area contributed by atoms with E-state index < -0.39 is 0 Å². The van der Waals surface area contributed by atoms with Crippen molar-refractivity contribution in [1.29, 1.82) is 0 Å². The maximum absolute atomic E-state index is 13.4. The second-order valence-corrected chi connectivity index (χ2v) is 9.10. The van der Waals surface area contributed by atoms with Crippen LogP contribution in [0.15, 0.2) is 42.5 Å². The van der Waals surface area contributed by atoms with Gasteiger partial charge in [0.05, 0.1) is 19.8 Å². The molecule has 0 radical (unpaired) electrons. The van der Waals surface area contributed by atoms with Crippen LogP contribution in [0.25, 0.3) is 0 Å². The number of anilines is 1. The number of benzene rings is 2. The van der Waals surface area contributed by atoms with Crippen LogP contribution in [0.5, 0.6) is 11.5 Å². The molecule has 1 fully saturated rings. The number of aromatic nitrogens is 4. The highest BCUT2D eigenvalue weighted by Gasteiger charge is 2.35. The zero-order valence-corrected chi connectivity index (χ0v) is 19.8. The summed E-state index contributed by atoms with van der Waals surface area (Å²) in [7, 11) is 3.29. The van der Waals surface area contributed by atoms with Gasteiger partial charge >= 0.3 is 0 Å². The van der Waals surface area contributed by atoms with E-state index in [1.165, 1.54) is 12.1 Å². The van der Waals surface area contributed by atoms with Crippen LogP contribution < -0.4 is 14.4 Å². The van der Waals surface area contributed by atoms with Crippen LogP contribution in [0.1, 0.15) is 38.2 Å². The van der Waals surface area contributed by atoms with Crippen LogP contribution in [0.3, 0.4) is 0 Å². The van der Waals surface area contributed by atoms with Gasteiger partial charge in [-0.2, -0.15) is 0 Å². The highest BCUT2D eigenvalue weighted by molar-refractivity contribution is 5.50. The third-order valence-electron chi connectivity index (χ3n) is 5.97. The molecule has 0 saturated carbocycles. The average Bonchev–Trinajstić information content (AvgIpc) is 3.30. The SMILES string of the molecule is COc1cccc([C@H](c2nnnn2C(C)(C)C)N2CCN(c3ccc(F)cc3)CC2)c1OC. The van der Waals surface area contributed by atoms with Gasteiger partial charge in [0.25, 0.3) is 0 Å². The van der Waals surface area contributed by atoms with Gasteiger partial charge in [-0.15, -0.1) is 5.10 Å². The smallest absolute Gasteiger partial charge is 0.173 e. The van der Waals surface area contributed by atoms with Crippen molar-refractivity contribution >= 4 is 5.69 Å². The van der Waals surface area contributed by atoms with Gasteiger partial charge in [0.1, 0.15) is 11.9 Å². The van der Waals surface area contributed by atoms with Crippen LogP contribution in [0.4, 0.5) is 10.1 Å². The van der Waals surface area contributed by atoms with Gasteiger partial charge in [0.15, 0.2) is 17.3 Å². The van der Waals surface area contributed by atoms with E-state index in [9.17, 15) is 4.39 Å². The Kier molecular flexibility index (Phi) is 6.51. The molecule has 0 bridgehead atoms. The van der Waals surface area contributed by atoms with Crippen LogP contribution >= 0.6 is 0 Å². The lowest BCUT2D eigenvalue weighted by molar-refractivity contribution is 0.188. The quantitative estimate of drug-likeness (QED) is 0.565. The number of hydrogen-bond acceptors (Lipinski definition) is 7. The summed E-state index contributed by atoms with van der Waals surface area (Å²) in [6, 6.07) is 12.3. The third kappa shape index (κ3) is 4.64. The summed E-state index contributed by atoms with van der Waals surface area (Å²) in [4.78, 5) is 4.63. The molecule has 3 aromatic rings. The normalized spacial score (nSPS) is 16.0. The minimum atomic E-state index is -0.293. The summed E-state index contributed by atoms with van der Waals surface area (Å²) in [5.41, 5.74) is 1.68. The molecule has 1 saturated heterocycles. The number of hydrogen-bond donors (Lipinski definition) is 0. The molecule has 2 aromatic carbocycles. The van der Waals surface area contributed by atoms with Gasteiger partial charge in [-0.25, -0.2) is 9.07 Å². The number of ether oxygens (including phenoxy) is 2. The molecule has 8 nitrogen and oxygen atoms in total. The van der Waals surface area contributed by atoms with Crippen molar-refractivity contribution in [2.75, 3.05) is 45.3 Å². The number of para-hydroxylation sites is 1. The van der Waals surface area contributed by atoms with E-state index >= 15 is 0 Å². The molecule has 1 aromatic heterocycles. The molecule has 4 rings (SSSR count). The molecule has 0 unspecified atom stereocenters. The van der Waals surface area contributed by atoms with Crippen molar-refractivity contribution in [2.24, 2.45) is 0 Å². The second-order valence-electron chi connectivity index (χ2n) is 9.10. The maximum atomic E-state index is 13.4. The second kappa shape index (κ2) is 9.35. The third-order valence-corrected chi connectivity index (χ3v) is 5.97. The van der Waals surface area contributed by atoms with Crippen molar-refractivity contribution in [3.05, 3.63) is 59.7 Å². The monoisotopic (exact) mass is 454 g/mol. The molecule has 1 aliphatic rings. The van der Waals surface area contributed by atoms with E-state index in [2.05, 4.69) is 46.1 Å². The number of nitrogens with zero attached hydrogens (tertiary/aromatic N) is 6. The highest BCUT2D eigenvalue weighted by atomic mass is 19.1. The van der Waals surface area contributed by atoms with Gasteiger partial charge in [-0.3, -0.25) is 4.90 Å². The Hall–Kier alpha value is -3.20. The standard InChI is InChI=1S/C24H31FN6O2/c1-24(2,3)31-23(26-27-28-31)21(19-7-6-8-20(32-4)22(19)33-5)30-15-13-29(14-16-30)18-11-9-17(25)10-12-18/h6-12,21H,13-16H2,1-5H3/t21-/m1/s1. The van der Waals surface area contributed by atoms with Gasteiger partial charge in [0, 0.05) is 37.4 Å². The van der Waals surface area contributed by atoms with Crippen molar-refractivity contribution in [1.82, 2.24) is 25.1 Å². The summed E-state index contributed by atoms with van der Waals surface area (Å²) < 4.78 is 26.6. The van der Waals surface area contributed by atoms with Crippen LogP contribution in [0.2, 0.25) is 0 Å². The molecule has 1 atom stereocenters. The topological polar surface area (TPSA) is 68.5 Å². The predicted octanol–water partition coefficient (Wildman–Crippen LogP) is 3.50. The van der Waals surface area contributed by atoms with Crippen LogP contribution in [-0.4, -0.2) is 65.5 Å². The molecule has 0 N–H and O–H groups in total. The Bertz CT molecular complexity index is 1070. The van der Waals surface area contributed by atoms with Crippen LogP contribution in [0, 0.1) is 5.82 Å². The zero-order chi connectivity index (χ0) is 23.6. The first kappa shape index (κ1) is 23.0. The maximum Gasteiger partial charge on any atom is 0.173 e. The van der Waals surface area contributed by atoms with Gasteiger partial charge in [-0.1, -0.05) is 12.1 Å². The minimum Gasteiger partial charge on any atom is -0.493 e. The molecular formula is C24H31FN6O2. The molecule has 176 valence electrons. The highest BCUT2D eigenvalue weighted by Crippen LogP contribution is 2.40. The van der Waals surface area contributed by atoms with Crippen molar-refractivity contribution in [3.63, 3.8) is 0 Å². The summed E-state index contributed by atoms with van der Waals surface area (Å²) in [6.07, 6.45) is 0. The molecule has 0 aliphatic carbocycles. The molecular weight excluding hydrogens is 423 g/mol. The van der Waals surface area contributed by atoms with E-state index in [0.29, 0.717) is 11.5 Å². The van der Waals surface area contributed by atoms with E-state index in [0.717, 1.165) is 43.3 Å². The largest absolute Gasteiger partial charge is 0.493 e. The molecule has 9 heteroatoms. The van der Waals surface area contributed by atoms with E-state index in [1.807, 2.05) is 35.0 Å². The molecule has 0 spiro atoms. The fraction of sp³-hybridized carbons (Fsp3) is 0.458. The van der Waals surface area contributed by atoms with E-state index in [1.54, 1.807) is 14.2 Å². The first-order valence-electron chi connectivity index (χ1n) is 11.1. The first-order chi connectivity index (χ1) is 15.8. The average molecular weight is 455 g/mol. The Labute approximate surface area is 193 Å². The van der Waals surface area contributed by atoms with Crippen LogP contribution in [-0.2, 0) is 5.54 Å². The summed E-state index contributed by atoms with van der Waals surface area (Å²) in [6.45, 7) is 9.40. The number of halogens is 1. The van der Waals surface area contributed by atoms with Crippen molar-refractivity contribution in [3.8, 4) is 11.5 Å². The Morgan fingerprint density at radius 1 is 0.939 bits per heavy atom. The van der Waals surface area contributed by atoms with Crippen molar-refractivity contribution < 1.29 is 13.9 Å². The number of piperazine rings is 1. The molecule has 33 heavy (non-hydrogen) atoms. The summed E-state index contributed by atoms with van der Waals surface area (Å²) in [5.74, 6) is 1.87. The fourth-order valence-electron chi connectivity index (χ4n) is 4.36. The molecule has 2 heterocycles. The Balaban J connectivity index is 1.71. The Morgan fingerprint density at radius 2 is 1.64 bits per heavy atom. The fourth-order valence-corrected chi connectivity index (χ4v) is 4.36. The number of methoxy groups -OCH3 is 2. The summed E-state index contributed by atoms with van der Waals surface area (Å²) in [5, 5.41) is 12.8. The zero-order valence-electron chi connectivity index (χ0n) is 19.8. The molecule has 1 aliphatic heterocycles. The van der Waals surface area contributed by atoms with Gasteiger partial charge in [-0.05, 0) is 61.5 Å². The Morgan fingerprint density at radius 3 is 2.24 bits per heavy atom. The van der Waals surface area contributed by atoms with E-state index in [4.69, 9.17) is 9.47 Å². The lowest BCUT2D eigenvalue weighted by Crippen LogP contribution is -2.48. The molecule has 0 amide bonds. The van der Waals surface area contributed by atoms with E-state index in [-0.39, 0.29) is 17.4 Å². The van der Waals surface area contributed by atoms with Crippen molar-refractivity contribution in [2.45, 2.75) is 32.4 Å². The minimum absolute atomic E-state index is 0.223. The lowest BCUT2D eigenvalue weighted by atomic mass is 10.00. The van der Waals surface area contributed by atoms with Gasteiger partial charge in [0.2, 0.25) is 0 Å². The summed E-state index contributed by atoms with van der Waals surface area (Å²) >= 11 is 0. The lowest BCUT2D eigenvalue weighted by Gasteiger charge is -2.40. The first-order valence-corrected chi connectivity index (χ1v) is 11.1. The predicted molar refractivity (Wildman–Crippen MR) is 124 cm³/mol. The number of tetrazole rings is 1. The number of rotatable bonds is 6.